The summed E-state index contributed by atoms with van der Waals surface area (Å²) in [4.78, 5) is 19.5. The van der Waals surface area contributed by atoms with Crippen molar-refractivity contribution in [3.63, 3.8) is 0 Å². The van der Waals surface area contributed by atoms with Crippen molar-refractivity contribution in [1.29, 1.82) is 0 Å². The Morgan fingerprint density at radius 2 is 1.18 bits per heavy atom. The zero-order chi connectivity index (χ0) is 13.8. The third kappa shape index (κ3) is 25.8. The molecule has 0 radical (unpaired) electrons. The van der Waals surface area contributed by atoms with E-state index >= 15 is 0 Å². The third-order valence-electron chi connectivity index (χ3n) is 1.68. The molecule has 0 unspecified atom stereocenters. The fourth-order valence-electron chi connectivity index (χ4n) is 1.21. The van der Waals surface area contributed by atoms with E-state index in [4.69, 9.17) is 0 Å². The Balaban J connectivity index is 0. The van der Waals surface area contributed by atoms with Gasteiger partial charge in [0.2, 0.25) is 0 Å². The molecule has 0 aromatic carbocycles. The molecule has 0 amide bonds. The molecule has 4 nitrogen and oxygen atoms in total. The molecule has 0 aromatic rings. The zero-order valence-electron chi connectivity index (χ0n) is 11.1. The van der Waals surface area contributed by atoms with Crippen molar-refractivity contribution in [2.75, 3.05) is 0 Å². The van der Waals surface area contributed by atoms with Crippen LogP contribution in [0.5, 0.6) is 0 Å². The molecular formula is C12H22O4Sn. The summed E-state index contributed by atoms with van der Waals surface area (Å²) in [6, 6.07) is 0. The summed E-state index contributed by atoms with van der Waals surface area (Å²) in [5, 5.41) is 19.5. The van der Waals surface area contributed by atoms with Gasteiger partial charge in [0.15, 0.2) is 0 Å². The van der Waals surface area contributed by atoms with Gasteiger partial charge < -0.3 is 19.8 Å². The molecule has 0 fully saturated rings. The summed E-state index contributed by atoms with van der Waals surface area (Å²) in [5.41, 5.74) is 0. The molecule has 0 heterocycles. The van der Waals surface area contributed by atoms with Crippen LogP contribution in [-0.2, 0) is 9.59 Å². The molecule has 0 aliphatic carbocycles. The number of rotatable bonds is 7. The van der Waals surface area contributed by atoms with Crippen LogP contribution in [0.2, 0.25) is 7.87 Å². The van der Waals surface area contributed by atoms with E-state index in [-0.39, 0.29) is 34.0 Å². The Labute approximate surface area is 114 Å². The number of carboxylic acid groups (broad SMARTS) is 2. The van der Waals surface area contributed by atoms with Gasteiger partial charge in [-0.1, -0.05) is 0 Å². The second kappa shape index (κ2) is 12.2. The molecule has 98 valence electrons. The SMILES string of the molecule is C[CH](C)[Sn+2][CH](C)C.O=C([O-])CCCCC(=O)[O-]. The molecule has 0 N–H and O–H groups in total. The molecule has 0 atom stereocenters. The Morgan fingerprint density at radius 1 is 0.882 bits per heavy atom. The normalized spacial score (nSPS) is 9.53. The second-order valence-corrected chi connectivity index (χ2v) is 12.0. The Bertz CT molecular complexity index is 193. The first-order valence-electron chi connectivity index (χ1n) is 5.91. The van der Waals surface area contributed by atoms with Gasteiger partial charge in [-0.15, -0.1) is 0 Å². The minimum atomic E-state index is -1.14. The fourth-order valence-corrected chi connectivity index (χ4v) is 5.01. The number of aliphatic carboxylic acids is 2. The van der Waals surface area contributed by atoms with Crippen molar-refractivity contribution >= 4 is 33.1 Å². The van der Waals surface area contributed by atoms with Crippen molar-refractivity contribution < 1.29 is 19.8 Å². The largest absolute Gasteiger partial charge is 0.550 e. The molecule has 0 saturated carbocycles. The minimum Gasteiger partial charge on any atom is -0.550 e. The number of carboxylic acids is 2. The Morgan fingerprint density at radius 3 is 1.29 bits per heavy atom. The third-order valence-corrected chi connectivity index (χ3v) is 5.48. The summed E-state index contributed by atoms with van der Waals surface area (Å²) in [5.74, 6) is -2.28. The molecule has 0 saturated heterocycles. The van der Waals surface area contributed by atoms with Crippen molar-refractivity contribution in [3.8, 4) is 0 Å². The number of unbranched alkanes of at least 4 members (excludes halogenated alkanes) is 1. The van der Waals surface area contributed by atoms with E-state index in [9.17, 15) is 19.8 Å². The van der Waals surface area contributed by atoms with Gasteiger partial charge in [0.25, 0.3) is 0 Å². The molecule has 17 heavy (non-hydrogen) atoms. The van der Waals surface area contributed by atoms with E-state index in [1.807, 2.05) is 0 Å². The van der Waals surface area contributed by atoms with Crippen LogP contribution in [0.15, 0.2) is 0 Å². The van der Waals surface area contributed by atoms with E-state index in [2.05, 4.69) is 27.7 Å². The summed E-state index contributed by atoms with van der Waals surface area (Å²) in [7, 11) is 0. The number of carbonyl (C=O) groups is 2. The number of hydrogen-bond donors (Lipinski definition) is 0. The molecule has 0 aliphatic rings. The van der Waals surface area contributed by atoms with Gasteiger partial charge in [-0.05, 0) is 25.7 Å². The standard InChI is InChI=1S/C6H10O4.2C3H7.Sn/c7-5(8)3-1-2-4-6(9)10;2*1-3-2;/h1-4H2,(H,7,8)(H,9,10);2*3H,1-2H3;/q;;;+2/p-2. The van der Waals surface area contributed by atoms with Crippen LogP contribution in [0.4, 0.5) is 0 Å². The van der Waals surface area contributed by atoms with Gasteiger partial charge in [0, 0.05) is 11.9 Å². The molecule has 0 aromatic heterocycles. The average Bonchev–Trinajstić information content (AvgIpc) is 2.10. The van der Waals surface area contributed by atoms with Crippen molar-refractivity contribution in [1.82, 2.24) is 0 Å². The first kappa shape index (κ1) is 19.1. The van der Waals surface area contributed by atoms with Crippen molar-refractivity contribution in [2.45, 2.75) is 61.2 Å². The minimum absolute atomic E-state index is 0.0389. The van der Waals surface area contributed by atoms with Crippen molar-refractivity contribution in [3.05, 3.63) is 0 Å². The Kier molecular flexibility index (Phi) is 13.7. The van der Waals surface area contributed by atoms with Gasteiger partial charge in [-0.25, -0.2) is 0 Å². The maximum absolute atomic E-state index is 9.77. The number of carbonyl (C=O) groups excluding carboxylic acids is 2. The predicted molar refractivity (Wildman–Crippen MR) is 64.4 cm³/mol. The van der Waals surface area contributed by atoms with Gasteiger partial charge in [-0.2, -0.15) is 0 Å². The van der Waals surface area contributed by atoms with Crippen molar-refractivity contribution in [2.24, 2.45) is 0 Å². The molecular weight excluding hydrogens is 327 g/mol. The summed E-state index contributed by atoms with van der Waals surface area (Å²) >= 11 is 0.0389. The van der Waals surface area contributed by atoms with Gasteiger partial charge in [0.05, 0.1) is 0 Å². The molecule has 0 spiro atoms. The van der Waals surface area contributed by atoms with E-state index in [0.717, 1.165) is 7.87 Å². The average molecular weight is 349 g/mol. The van der Waals surface area contributed by atoms with Crippen LogP contribution >= 0.6 is 0 Å². The maximum atomic E-state index is 9.77. The van der Waals surface area contributed by atoms with Crippen LogP contribution in [-0.4, -0.2) is 33.1 Å². The van der Waals surface area contributed by atoms with E-state index in [0.29, 0.717) is 12.8 Å². The maximum Gasteiger partial charge on any atom is 0.0414 e. The first-order chi connectivity index (χ1) is 7.75. The fraction of sp³-hybridized carbons (Fsp3) is 0.833. The van der Waals surface area contributed by atoms with Crippen LogP contribution in [0.25, 0.3) is 0 Å². The summed E-state index contributed by atoms with van der Waals surface area (Å²) in [6.45, 7) is 9.36. The molecule has 0 rings (SSSR count). The van der Waals surface area contributed by atoms with Crippen LogP contribution in [0.3, 0.4) is 0 Å². The smallest absolute Gasteiger partial charge is 0.0414 e. The molecule has 5 heteroatoms. The second-order valence-electron chi connectivity index (χ2n) is 4.43. The van der Waals surface area contributed by atoms with Gasteiger partial charge in [0.1, 0.15) is 0 Å². The predicted octanol–water partition coefficient (Wildman–Crippen LogP) is 0.394. The van der Waals surface area contributed by atoms with Gasteiger partial charge in [-0.3, -0.25) is 0 Å². The Hall–Kier alpha value is -0.261. The molecule has 0 aliphatic heterocycles. The zero-order valence-corrected chi connectivity index (χ0v) is 14.0. The van der Waals surface area contributed by atoms with E-state index < -0.39 is 11.9 Å². The molecule has 0 bridgehead atoms. The van der Waals surface area contributed by atoms with Crippen LogP contribution < -0.4 is 10.2 Å². The van der Waals surface area contributed by atoms with Crippen LogP contribution in [0.1, 0.15) is 53.4 Å². The van der Waals surface area contributed by atoms with E-state index in [1.54, 1.807) is 0 Å². The first-order valence-corrected chi connectivity index (χ1v) is 9.21. The summed E-state index contributed by atoms with van der Waals surface area (Å²) in [6.07, 6.45) is 0.535. The monoisotopic (exact) mass is 350 g/mol. The van der Waals surface area contributed by atoms with Gasteiger partial charge >= 0.3 is 56.7 Å². The van der Waals surface area contributed by atoms with E-state index in [1.165, 1.54) is 0 Å². The van der Waals surface area contributed by atoms with Crippen LogP contribution in [0, 0.1) is 0 Å². The quantitative estimate of drug-likeness (QED) is 0.492. The summed E-state index contributed by atoms with van der Waals surface area (Å²) < 4.78 is 2.09. The topological polar surface area (TPSA) is 80.3 Å². The number of hydrogen-bond acceptors (Lipinski definition) is 4.